The number of sulfonamides is 1. The van der Waals surface area contributed by atoms with E-state index in [9.17, 15) is 22.8 Å². The van der Waals surface area contributed by atoms with Crippen LogP contribution < -0.4 is 10.0 Å². The van der Waals surface area contributed by atoms with Gasteiger partial charge in [-0.3, -0.25) is 14.4 Å². The van der Waals surface area contributed by atoms with Crippen LogP contribution in [0.2, 0.25) is 5.02 Å². The first-order valence-corrected chi connectivity index (χ1v) is 13.1. The fourth-order valence-corrected chi connectivity index (χ4v) is 4.85. The molecule has 8 nitrogen and oxygen atoms in total. The average molecular weight is 526 g/mol. The SMILES string of the molecule is Cc1ccc(C(=O)N(CCc2cccc(Cl)c2)C2CC(=O)N(c3ccc(S(N)(=O)=O)cc3)C2=O)cc1. The molecule has 3 aromatic rings. The summed E-state index contributed by atoms with van der Waals surface area (Å²) in [5.41, 5.74) is 2.48. The Balaban J connectivity index is 1.63. The lowest BCUT2D eigenvalue weighted by atomic mass is 10.1. The zero-order valence-corrected chi connectivity index (χ0v) is 21.0. The normalized spacial score (nSPS) is 15.9. The minimum Gasteiger partial charge on any atom is -0.326 e. The minimum absolute atomic E-state index is 0.139. The molecule has 10 heteroatoms. The molecule has 36 heavy (non-hydrogen) atoms. The van der Waals surface area contributed by atoms with Gasteiger partial charge in [-0.2, -0.15) is 0 Å². The summed E-state index contributed by atoms with van der Waals surface area (Å²) in [6.45, 7) is 2.10. The molecular formula is C26H24ClN3O5S. The maximum absolute atomic E-state index is 13.5. The molecule has 2 N–H and O–H groups in total. The number of imide groups is 1. The van der Waals surface area contributed by atoms with Crippen LogP contribution in [-0.4, -0.2) is 43.6 Å². The molecule has 1 aliphatic rings. The van der Waals surface area contributed by atoms with Crippen LogP contribution in [0, 0.1) is 6.92 Å². The topological polar surface area (TPSA) is 118 Å². The van der Waals surface area contributed by atoms with E-state index in [0.29, 0.717) is 17.0 Å². The molecule has 1 heterocycles. The lowest BCUT2D eigenvalue weighted by Crippen LogP contribution is -2.46. The van der Waals surface area contributed by atoms with E-state index < -0.39 is 27.9 Å². The second-order valence-electron chi connectivity index (χ2n) is 8.57. The van der Waals surface area contributed by atoms with Crippen molar-refractivity contribution < 1.29 is 22.8 Å². The van der Waals surface area contributed by atoms with Crippen molar-refractivity contribution in [1.82, 2.24) is 4.90 Å². The van der Waals surface area contributed by atoms with Crippen LogP contribution in [0.3, 0.4) is 0 Å². The zero-order chi connectivity index (χ0) is 26.0. The van der Waals surface area contributed by atoms with Gasteiger partial charge in [-0.1, -0.05) is 41.4 Å². The van der Waals surface area contributed by atoms with Gasteiger partial charge in [0.1, 0.15) is 6.04 Å². The number of anilines is 1. The molecule has 1 fully saturated rings. The molecule has 186 valence electrons. The molecule has 4 rings (SSSR count). The molecule has 0 bridgehead atoms. The fourth-order valence-electron chi connectivity index (χ4n) is 4.12. The van der Waals surface area contributed by atoms with E-state index in [1.807, 2.05) is 25.1 Å². The van der Waals surface area contributed by atoms with Gasteiger partial charge < -0.3 is 4.90 Å². The summed E-state index contributed by atoms with van der Waals surface area (Å²) in [7, 11) is -3.93. The van der Waals surface area contributed by atoms with Crippen molar-refractivity contribution in [3.05, 3.63) is 94.5 Å². The van der Waals surface area contributed by atoms with E-state index in [0.717, 1.165) is 16.0 Å². The van der Waals surface area contributed by atoms with Gasteiger partial charge in [0.25, 0.3) is 11.8 Å². The summed E-state index contributed by atoms with van der Waals surface area (Å²) in [5.74, 6) is -1.41. The smallest absolute Gasteiger partial charge is 0.257 e. The summed E-state index contributed by atoms with van der Waals surface area (Å²) < 4.78 is 23.1. The van der Waals surface area contributed by atoms with E-state index in [4.69, 9.17) is 16.7 Å². The molecule has 1 atom stereocenters. The summed E-state index contributed by atoms with van der Waals surface area (Å²) in [4.78, 5) is 42.1. The van der Waals surface area contributed by atoms with Crippen LogP contribution >= 0.6 is 11.6 Å². The van der Waals surface area contributed by atoms with Gasteiger partial charge >= 0.3 is 0 Å². The van der Waals surface area contributed by atoms with Gasteiger partial charge in [-0.15, -0.1) is 0 Å². The Morgan fingerprint density at radius 1 is 1.06 bits per heavy atom. The second-order valence-corrected chi connectivity index (χ2v) is 10.6. The molecule has 0 saturated carbocycles. The van der Waals surface area contributed by atoms with Crippen LogP contribution in [0.25, 0.3) is 0 Å². The molecule has 0 aromatic heterocycles. The van der Waals surface area contributed by atoms with Crippen LogP contribution in [0.4, 0.5) is 5.69 Å². The van der Waals surface area contributed by atoms with Crippen LogP contribution in [0.15, 0.2) is 77.7 Å². The zero-order valence-electron chi connectivity index (χ0n) is 19.4. The minimum atomic E-state index is -3.93. The van der Waals surface area contributed by atoms with E-state index in [1.54, 1.807) is 30.3 Å². The number of benzene rings is 3. The average Bonchev–Trinajstić information content (AvgIpc) is 3.12. The van der Waals surface area contributed by atoms with Gasteiger partial charge in [0.15, 0.2) is 0 Å². The summed E-state index contributed by atoms with van der Waals surface area (Å²) in [5, 5.41) is 5.70. The molecular weight excluding hydrogens is 502 g/mol. The third-order valence-electron chi connectivity index (χ3n) is 6.01. The number of nitrogens with zero attached hydrogens (tertiary/aromatic N) is 2. The number of aryl methyl sites for hydroxylation is 1. The highest BCUT2D eigenvalue weighted by Gasteiger charge is 2.44. The van der Waals surface area contributed by atoms with Crippen molar-refractivity contribution >= 4 is 45.0 Å². The Morgan fingerprint density at radius 2 is 1.72 bits per heavy atom. The van der Waals surface area contributed by atoms with Crippen molar-refractivity contribution in [3.8, 4) is 0 Å². The number of halogens is 1. The quantitative estimate of drug-likeness (QED) is 0.475. The number of hydrogen-bond donors (Lipinski definition) is 1. The highest BCUT2D eigenvalue weighted by atomic mass is 35.5. The van der Waals surface area contributed by atoms with E-state index >= 15 is 0 Å². The second kappa shape index (κ2) is 10.2. The summed E-state index contributed by atoms with van der Waals surface area (Å²) in [6.07, 6.45) is 0.238. The first-order chi connectivity index (χ1) is 17.0. The maximum atomic E-state index is 13.5. The van der Waals surface area contributed by atoms with Gasteiger partial charge in [0.2, 0.25) is 15.9 Å². The van der Waals surface area contributed by atoms with Gasteiger partial charge in [-0.05, 0) is 67.4 Å². The third kappa shape index (κ3) is 5.48. The first-order valence-electron chi connectivity index (χ1n) is 11.2. The van der Waals surface area contributed by atoms with Crippen LogP contribution in [-0.2, 0) is 26.0 Å². The standard InChI is InChI=1S/C26H24ClN3O5S/c1-17-5-7-19(8-6-17)25(32)29(14-13-18-3-2-4-20(27)15-18)23-16-24(31)30(26(23)33)21-9-11-22(12-10-21)36(28,34)35/h2-12,15,23H,13-14,16H2,1H3,(H2,28,34,35). The lowest BCUT2D eigenvalue weighted by Gasteiger charge is -2.28. The molecule has 3 amide bonds. The molecule has 1 aliphatic heterocycles. The first kappa shape index (κ1) is 25.6. The number of carbonyl (C=O) groups excluding carboxylic acids is 3. The third-order valence-corrected chi connectivity index (χ3v) is 7.18. The van der Waals surface area contributed by atoms with E-state index in [-0.39, 0.29) is 29.5 Å². The molecule has 0 spiro atoms. The molecule has 1 unspecified atom stereocenters. The largest absolute Gasteiger partial charge is 0.326 e. The van der Waals surface area contributed by atoms with E-state index in [1.165, 1.54) is 29.2 Å². The van der Waals surface area contributed by atoms with Gasteiger partial charge in [0.05, 0.1) is 17.0 Å². The monoisotopic (exact) mass is 525 g/mol. The van der Waals surface area contributed by atoms with Gasteiger partial charge in [-0.25, -0.2) is 18.5 Å². The summed E-state index contributed by atoms with van der Waals surface area (Å²) >= 11 is 6.10. The summed E-state index contributed by atoms with van der Waals surface area (Å²) in [6, 6.07) is 18.4. The predicted molar refractivity (Wildman–Crippen MR) is 136 cm³/mol. The van der Waals surface area contributed by atoms with Crippen molar-refractivity contribution in [2.75, 3.05) is 11.4 Å². The molecule has 1 saturated heterocycles. The van der Waals surface area contributed by atoms with Crippen molar-refractivity contribution in [2.45, 2.75) is 30.7 Å². The lowest BCUT2D eigenvalue weighted by molar-refractivity contribution is -0.122. The number of nitrogens with two attached hydrogens (primary N) is 1. The number of amides is 3. The Hall–Kier alpha value is -3.53. The highest BCUT2D eigenvalue weighted by molar-refractivity contribution is 7.89. The molecule has 3 aromatic carbocycles. The Kier molecular flexibility index (Phi) is 7.26. The van der Waals surface area contributed by atoms with E-state index in [2.05, 4.69) is 0 Å². The van der Waals surface area contributed by atoms with Crippen molar-refractivity contribution in [2.24, 2.45) is 5.14 Å². The van der Waals surface area contributed by atoms with Crippen LogP contribution in [0.1, 0.15) is 27.9 Å². The Labute approximate surface area is 214 Å². The van der Waals surface area contributed by atoms with Crippen LogP contribution in [0.5, 0.6) is 0 Å². The Bertz CT molecular complexity index is 1420. The molecule has 0 radical (unpaired) electrons. The van der Waals surface area contributed by atoms with Crippen molar-refractivity contribution in [3.63, 3.8) is 0 Å². The number of primary sulfonamides is 1. The molecule has 0 aliphatic carbocycles. The number of hydrogen-bond acceptors (Lipinski definition) is 5. The predicted octanol–water partition coefficient (Wildman–Crippen LogP) is 3.31. The van der Waals surface area contributed by atoms with Crippen molar-refractivity contribution in [1.29, 1.82) is 0 Å². The Morgan fingerprint density at radius 3 is 2.33 bits per heavy atom. The fraction of sp³-hybridized carbons (Fsp3) is 0.192. The van der Waals surface area contributed by atoms with Gasteiger partial charge in [0, 0.05) is 17.1 Å². The number of carbonyl (C=O) groups is 3. The maximum Gasteiger partial charge on any atom is 0.257 e. The number of rotatable bonds is 7. The highest BCUT2D eigenvalue weighted by Crippen LogP contribution is 2.28.